The normalized spacial score (nSPS) is 12.9. The lowest BCUT2D eigenvalue weighted by atomic mass is 10.3. The summed E-state index contributed by atoms with van der Waals surface area (Å²) in [6.07, 6.45) is 0.434. The molecule has 0 aliphatic rings. The lowest BCUT2D eigenvalue weighted by molar-refractivity contribution is -0.122. The molecule has 0 aromatic heterocycles. The minimum Gasteiger partial charge on any atom is -0.396 e. The molecule has 0 fully saturated rings. The van der Waals surface area contributed by atoms with E-state index in [4.69, 9.17) is 5.11 Å². The maximum Gasteiger partial charge on any atom is 0.241 e. The molecule has 1 aromatic carbocycles. The summed E-state index contributed by atoms with van der Waals surface area (Å²) in [6, 6.07) is 6.98. The van der Waals surface area contributed by atoms with Crippen LogP contribution in [-0.2, 0) is 14.8 Å². The van der Waals surface area contributed by atoms with E-state index in [0.29, 0.717) is 13.0 Å². The van der Waals surface area contributed by atoms with Crippen LogP contribution in [0.4, 0.5) is 0 Å². The molecule has 0 aliphatic heterocycles. The van der Waals surface area contributed by atoms with Crippen LogP contribution in [0.5, 0.6) is 0 Å². The van der Waals surface area contributed by atoms with Crippen molar-refractivity contribution in [3.63, 3.8) is 0 Å². The summed E-state index contributed by atoms with van der Waals surface area (Å²) in [5, 5.41) is 11.1. The van der Waals surface area contributed by atoms with Gasteiger partial charge in [0.2, 0.25) is 15.9 Å². The zero-order chi connectivity index (χ0) is 14.3. The van der Waals surface area contributed by atoms with Crippen LogP contribution < -0.4 is 10.0 Å². The minimum atomic E-state index is -3.70. The summed E-state index contributed by atoms with van der Waals surface area (Å²) < 4.78 is 26.2. The fraction of sp³-hybridized carbons (Fsp3) is 0.417. The topological polar surface area (TPSA) is 95.5 Å². The van der Waals surface area contributed by atoms with E-state index >= 15 is 0 Å². The Bertz CT molecular complexity index is 502. The Labute approximate surface area is 112 Å². The molecule has 0 bridgehead atoms. The Morgan fingerprint density at radius 1 is 1.32 bits per heavy atom. The predicted octanol–water partition coefficient (Wildman–Crippen LogP) is -0.148. The Balaban J connectivity index is 2.61. The van der Waals surface area contributed by atoms with Gasteiger partial charge in [-0.05, 0) is 25.5 Å². The van der Waals surface area contributed by atoms with Crippen molar-refractivity contribution in [1.82, 2.24) is 10.0 Å². The third kappa shape index (κ3) is 4.98. The molecular formula is C12H18N2O4S. The molecule has 106 valence electrons. The molecule has 1 rings (SSSR count). The van der Waals surface area contributed by atoms with Crippen LogP contribution in [0, 0.1) is 0 Å². The van der Waals surface area contributed by atoms with Crippen LogP contribution in [0.1, 0.15) is 13.3 Å². The summed E-state index contributed by atoms with van der Waals surface area (Å²) >= 11 is 0. The van der Waals surface area contributed by atoms with Crippen molar-refractivity contribution in [2.45, 2.75) is 24.3 Å². The van der Waals surface area contributed by atoms with Gasteiger partial charge in [-0.15, -0.1) is 0 Å². The molecule has 19 heavy (non-hydrogen) atoms. The van der Waals surface area contributed by atoms with E-state index in [0.717, 1.165) is 0 Å². The third-order valence-electron chi connectivity index (χ3n) is 2.41. The van der Waals surface area contributed by atoms with E-state index in [1.165, 1.54) is 19.1 Å². The highest BCUT2D eigenvalue weighted by Crippen LogP contribution is 2.07. The maximum absolute atomic E-state index is 11.9. The number of nitrogens with one attached hydrogen (secondary N) is 2. The molecule has 0 aliphatic carbocycles. The molecule has 1 aromatic rings. The largest absolute Gasteiger partial charge is 0.396 e. The molecule has 0 saturated heterocycles. The molecule has 1 amide bonds. The highest BCUT2D eigenvalue weighted by atomic mass is 32.2. The Morgan fingerprint density at radius 3 is 2.53 bits per heavy atom. The lowest BCUT2D eigenvalue weighted by Gasteiger charge is -2.14. The summed E-state index contributed by atoms with van der Waals surface area (Å²) in [7, 11) is -3.70. The smallest absolute Gasteiger partial charge is 0.241 e. The number of hydrogen-bond donors (Lipinski definition) is 3. The first kappa shape index (κ1) is 15.6. The van der Waals surface area contributed by atoms with Crippen LogP contribution >= 0.6 is 0 Å². The Morgan fingerprint density at radius 2 is 1.95 bits per heavy atom. The van der Waals surface area contributed by atoms with Crippen molar-refractivity contribution in [3.8, 4) is 0 Å². The zero-order valence-corrected chi connectivity index (χ0v) is 11.5. The van der Waals surface area contributed by atoms with Gasteiger partial charge in [-0.25, -0.2) is 8.42 Å². The number of hydrogen-bond acceptors (Lipinski definition) is 4. The van der Waals surface area contributed by atoms with E-state index in [2.05, 4.69) is 10.0 Å². The summed E-state index contributed by atoms with van der Waals surface area (Å²) in [6.45, 7) is 1.76. The van der Waals surface area contributed by atoms with Gasteiger partial charge in [0.25, 0.3) is 0 Å². The molecule has 1 unspecified atom stereocenters. The fourth-order valence-electron chi connectivity index (χ4n) is 1.40. The van der Waals surface area contributed by atoms with Crippen molar-refractivity contribution < 1.29 is 18.3 Å². The second-order valence-corrected chi connectivity index (χ2v) is 5.74. The first-order valence-corrected chi connectivity index (χ1v) is 7.41. The molecule has 0 heterocycles. The van der Waals surface area contributed by atoms with Crippen molar-refractivity contribution in [3.05, 3.63) is 30.3 Å². The van der Waals surface area contributed by atoms with Crippen LogP contribution in [0.2, 0.25) is 0 Å². The molecule has 1 atom stereocenters. The van der Waals surface area contributed by atoms with Gasteiger partial charge in [-0.3, -0.25) is 4.79 Å². The number of aliphatic hydroxyl groups is 1. The number of carbonyl (C=O) groups excluding carboxylic acids is 1. The molecule has 0 saturated carbocycles. The summed E-state index contributed by atoms with van der Waals surface area (Å²) in [5.74, 6) is -0.423. The molecule has 0 spiro atoms. The summed E-state index contributed by atoms with van der Waals surface area (Å²) in [4.78, 5) is 11.7. The third-order valence-corrected chi connectivity index (χ3v) is 3.97. The molecule has 3 N–H and O–H groups in total. The van der Waals surface area contributed by atoms with Crippen LogP contribution in [0.3, 0.4) is 0 Å². The van der Waals surface area contributed by atoms with Crippen molar-refractivity contribution in [2.75, 3.05) is 13.2 Å². The number of aliphatic hydroxyl groups excluding tert-OH is 1. The summed E-state index contributed by atoms with van der Waals surface area (Å²) in [5.41, 5.74) is 0. The van der Waals surface area contributed by atoms with Crippen LogP contribution in [0.25, 0.3) is 0 Å². The molecular weight excluding hydrogens is 268 g/mol. The average Bonchev–Trinajstić information content (AvgIpc) is 2.39. The predicted molar refractivity (Wildman–Crippen MR) is 70.9 cm³/mol. The van der Waals surface area contributed by atoms with Gasteiger partial charge >= 0.3 is 0 Å². The van der Waals surface area contributed by atoms with Gasteiger partial charge < -0.3 is 10.4 Å². The number of benzene rings is 1. The monoisotopic (exact) mass is 286 g/mol. The van der Waals surface area contributed by atoms with E-state index in [1.54, 1.807) is 18.2 Å². The molecule has 7 heteroatoms. The number of amides is 1. The van der Waals surface area contributed by atoms with Gasteiger partial charge in [-0.1, -0.05) is 18.2 Å². The van der Waals surface area contributed by atoms with E-state index in [1.807, 2.05) is 0 Å². The van der Waals surface area contributed by atoms with E-state index in [-0.39, 0.29) is 11.5 Å². The first-order chi connectivity index (χ1) is 8.97. The van der Waals surface area contributed by atoms with E-state index < -0.39 is 22.0 Å². The highest BCUT2D eigenvalue weighted by Gasteiger charge is 2.21. The highest BCUT2D eigenvalue weighted by molar-refractivity contribution is 7.89. The minimum absolute atomic E-state index is 0.0234. The van der Waals surface area contributed by atoms with Gasteiger partial charge in [0.1, 0.15) is 0 Å². The van der Waals surface area contributed by atoms with Gasteiger partial charge in [0.15, 0.2) is 0 Å². The second-order valence-electron chi connectivity index (χ2n) is 4.02. The van der Waals surface area contributed by atoms with Crippen molar-refractivity contribution in [2.24, 2.45) is 0 Å². The molecule has 6 nitrogen and oxygen atoms in total. The standard InChI is InChI=1S/C12H18N2O4S/c1-10(12(16)13-8-5-9-15)14-19(17,18)11-6-3-2-4-7-11/h2-4,6-7,10,14-15H,5,8-9H2,1H3,(H,13,16). The second kappa shape index (κ2) is 7.22. The fourth-order valence-corrected chi connectivity index (χ4v) is 2.62. The first-order valence-electron chi connectivity index (χ1n) is 5.93. The SMILES string of the molecule is CC(NS(=O)(=O)c1ccccc1)C(=O)NCCCO. The van der Waals surface area contributed by atoms with Crippen molar-refractivity contribution in [1.29, 1.82) is 0 Å². The Kier molecular flexibility index (Phi) is 5.94. The maximum atomic E-state index is 11.9. The van der Waals surface area contributed by atoms with Crippen LogP contribution in [0.15, 0.2) is 35.2 Å². The van der Waals surface area contributed by atoms with Crippen LogP contribution in [-0.4, -0.2) is 38.6 Å². The van der Waals surface area contributed by atoms with Gasteiger partial charge in [-0.2, -0.15) is 4.72 Å². The van der Waals surface area contributed by atoms with Crippen molar-refractivity contribution >= 4 is 15.9 Å². The average molecular weight is 286 g/mol. The number of sulfonamides is 1. The quantitative estimate of drug-likeness (QED) is 0.608. The molecule has 0 radical (unpaired) electrons. The van der Waals surface area contributed by atoms with Gasteiger partial charge in [0.05, 0.1) is 10.9 Å². The number of carbonyl (C=O) groups is 1. The Hall–Kier alpha value is -1.44. The zero-order valence-electron chi connectivity index (χ0n) is 10.7. The van der Waals surface area contributed by atoms with Gasteiger partial charge in [0, 0.05) is 13.2 Å². The van der Waals surface area contributed by atoms with E-state index in [9.17, 15) is 13.2 Å². The lowest BCUT2D eigenvalue weighted by Crippen LogP contribution is -2.45. The number of rotatable bonds is 7.